The highest BCUT2D eigenvalue weighted by atomic mass is 35.5. The molecule has 0 saturated heterocycles. The Kier molecular flexibility index (Phi) is 3.99. The van der Waals surface area contributed by atoms with Crippen molar-refractivity contribution in [1.82, 2.24) is 9.97 Å². The number of rotatable bonds is 3. The minimum atomic E-state index is 0.542. The Bertz CT molecular complexity index is 812. The van der Waals surface area contributed by atoms with Gasteiger partial charge in [0.15, 0.2) is 5.82 Å². The Balaban J connectivity index is 1.84. The number of aromatic nitrogens is 2. The number of hydrogen-bond acceptors (Lipinski definition) is 4. The number of fused-ring (bicyclic) bond motifs is 1. The summed E-state index contributed by atoms with van der Waals surface area (Å²) in [4.78, 5) is 8.38. The van der Waals surface area contributed by atoms with Gasteiger partial charge in [-0.25, -0.2) is 9.97 Å². The van der Waals surface area contributed by atoms with Gasteiger partial charge in [-0.15, -0.1) is 0 Å². The van der Waals surface area contributed by atoms with Gasteiger partial charge in [-0.2, -0.15) is 5.10 Å². The number of hydrogen-bond donors (Lipinski definition) is 1. The number of para-hydroxylation sites is 1. The number of nitrogens with one attached hydrogen (secondary N) is 1. The van der Waals surface area contributed by atoms with E-state index in [0.29, 0.717) is 15.9 Å². The van der Waals surface area contributed by atoms with Crippen LogP contribution in [-0.4, -0.2) is 16.2 Å². The lowest BCUT2D eigenvalue weighted by Gasteiger charge is -2.03. The maximum atomic E-state index is 6.08. The van der Waals surface area contributed by atoms with Gasteiger partial charge < -0.3 is 0 Å². The van der Waals surface area contributed by atoms with Gasteiger partial charge in [-0.3, -0.25) is 5.43 Å². The Morgan fingerprint density at radius 3 is 2.76 bits per heavy atom. The van der Waals surface area contributed by atoms with Crippen molar-refractivity contribution in [3.8, 4) is 0 Å². The van der Waals surface area contributed by atoms with Crippen molar-refractivity contribution in [3.63, 3.8) is 0 Å². The van der Waals surface area contributed by atoms with Crippen molar-refractivity contribution in [1.29, 1.82) is 0 Å². The zero-order valence-electron chi connectivity index (χ0n) is 10.8. The zero-order chi connectivity index (χ0) is 14.7. The number of benzene rings is 2. The molecule has 0 fully saturated rings. The molecule has 0 aliphatic heterocycles. The van der Waals surface area contributed by atoms with E-state index >= 15 is 0 Å². The highest BCUT2D eigenvalue weighted by molar-refractivity contribution is 6.36. The van der Waals surface area contributed by atoms with Crippen LogP contribution in [0.15, 0.2) is 53.9 Å². The van der Waals surface area contributed by atoms with Gasteiger partial charge in [-0.1, -0.05) is 41.4 Å². The minimum absolute atomic E-state index is 0.542. The summed E-state index contributed by atoms with van der Waals surface area (Å²) in [7, 11) is 0. The van der Waals surface area contributed by atoms with Gasteiger partial charge in [0.05, 0.1) is 16.8 Å². The van der Waals surface area contributed by atoms with Crippen LogP contribution >= 0.6 is 23.2 Å². The zero-order valence-corrected chi connectivity index (χ0v) is 12.3. The van der Waals surface area contributed by atoms with E-state index in [9.17, 15) is 0 Å². The van der Waals surface area contributed by atoms with Crippen LogP contribution in [0.1, 0.15) is 5.56 Å². The van der Waals surface area contributed by atoms with Crippen LogP contribution in [0.5, 0.6) is 0 Å². The van der Waals surface area contributed by atoms with Gasteiger partial charge >= 0.3 is 0 Å². The largest absolute Gasteiger partial charge is 0.261 e. The van der Waals surface area contributed by atoms with Crippen LogP contribution in [0.4, 0.5) is 5.82 Å². The number of anilines is 1. The second-order valence-electron chi connectivity index (χ2n) is 4.28. The maximum absolute atomic E-state index is 6.08. The molecule has 0 spiro atoms. The molecule has 21 heavy (non-hydrogen) atoms. The smallest absolute Gasteiger partial charge is 0.157 e. The van der Waals surface area contributed by atoms with Crippen molar-refractivity contribution in [2.75, 3.05) is 5.43 Å². The van der Waals surface area contributed by atoms with Gasteiger partial charge in [0.1, 0.15) is 6.33 Å². The van der Waals surface area contributed by atoms with E-state index in [0.717, 1.165) is 16.5 Å². The lowest BCUT2D eigenvalue weighted by atomic mass is 10.2. The summed E-state index contributed by atoms with van der Waals surface area (Å²) in [6.07, 6.45) is 3.12. The predicted molar refractivity (Wildman–Crippen MR) is 87.2 cm³/mol. The molecule has 0 aliphatic rings. The summed E-state index contributed by atoms with van der Waals surface area (Å²) in [5.74, 6) is 0.641. The fourth-order valence-corrected chi connectivity index (χ4v) is 2.32. The van der Waals surface area contributed by atoms with Crippen LogP contribution in [0, 0.1) is 0 Å². The molecule has 0 aliphatic carbocycles. The molecule has 0 bridgehead atoms. The quantitative estimate of drug-likeness (QED) is 0.576. The number of hydrazone groups is 1. The van der Waals surface area contributed by atoms with E-state index in [4.69, 9.17) is 23.2 Å². The van der Waals surface area contributed by atoms with E-state index in [1.165, 1.54) is 6.33 Å². The lowest BCUT2D eigenvalue weighted by Crippen LogP contribution is -1.96. The summed E-state index contributed by atoms with van der Waals surface area (Å²) >= 11 is 11.9. The molecule has 3 aromatic rings. The summed E-state index contributed by atoms with van der Waals surface area (Å²) in [5, 5.41) is 6.19. The van der Waals surface area contributed by atoms with Crippen molar-refractivity contribution in [2.24, 2.45) is 5.10 Å². The van der Waals surface area contributed by atoms with E-state index in [1.807, 2.05) is 24.3 Å². The minimum Gasteiger partial charge on any atom is -0.261 e. The lowest BCUT2D eigenvalue weighted by molar-refractivity contribution is 1.18. The van der Waals surface area contributed by atoms with Crippen molar-refractivity contribution >= 4 is 46.1 Å². The van der Waals surface area contributed by atoms with Crippen LogP contribution in [0.3, 0.4) is 0 Å². The van der Waals surface area contributed by atoms with E-state index in [-0.39, 0.29) is 0 Å². The summed E-state index contributed by atoms with van der Waals surface area (Å²) < 4.78 is 0. The SMILES string of the molecule is Clc1ccc(/C=N/Nc2ncnc3ccccc23)c(Cl)c1. The number of nitrogens with zero attached hydrogens (tertiary/aromatic N) is 3. The van der Waals surface area contributed by atoms with Crippen molar-refractivity contribution < 1.29 is 0 Å². The molecule has 1 aromatic heterocycles. The molecule has 104 valence electrons. The maximum Gasteiger partial charge on any atom is 0.157 e. The highest BCUT2D eigenvalue weighted by Crippen LogP contribution is 2.20. The Hall–Kier alpha value is -2.17. The average Bonchev–Trinajstić information content (AvgIpc) is 2.50. The Morgan fingerprint density at radius 1 is 1.05 bits per heavy atom. The van der Waals surface area contributed by atoms with Gasteiger partial charge in [0, 0.05) is 16.0 Å². The molecular formula is C15H10Cl2N4. The second-order valence-corrected chi connectivity index (χ2v) is 5.12. The van der Waals surface area contributed by atoms with E-state index in [2.05, 4.69) is 20.5 Å². The molecule has 0 radical (unpaired) electrons. The molecule has 6 heteroatoms. The van der Waals surface area contributed by atoms with E-state index < -0.39 is 0 Å². The molecule has 0 unspecified atom stereocenters. The van der Waals surface area contributed by atoms with Crippen LogP contribution in [0.25, 0.3) is 10.9 Å². The Labute approximate surface area is 131 Å². The van der Waals surface area contributed by atoms with Gasteiger partial charge in [0.25, 0.3) is 0 Å². The first-order valence-electron chi connectivity index (χ1n) is 6.18. The fourth-order valence-electron chi connectivity index (χ4n) is 1.86. The molecule has 0 saturated carbocycles. The van der Waals surface area contributed by atoms with Crippen LogP contribution in [0.2, 0.25) is 10.0 Å². The van der Waals surface area contributed by atoms with Gasteiger partial charge in [0.2, 0.25) is 0 Å². The van der Waals surface area contributed by atoms with E-state index in [1.54, 1.807) is 24.4 Å². The topological polar surface area (TPSA) is 50.2 Å². The molecular weight excluding hydrogens is 307 g/mol. The number of halogens is 2. The highest BCUT2D eigenvalue weighted by Gasteiger charge is 2.01. The Morgan fingerprint density at radius 2 is 1.90 bits per heavy atom. The molecule has 1 heterocycles. The standard InChI is InChI=1S/C15H10Cl2N4/c16-11-6-5-10(13(17)7-11)8-20-21-15-12-3-1-2-4-14(12)18-9-19-15/h1-9H,(H,18,19,21)/b20-8+. The average molecular weight is 317 g/mol. The predicted octanol–water partition coefficient (Wildman–Crippen LogP) is 4.38. The summed E-state index contributed by atoms with van der Waals surface area (Å²) in [6, 6.07) is 12.9. The summed E-state index contributed by atoms with van der Waals surface area (Å²) in [6.45, 7) is 0. The molecule has 0 atom stereocenters. The molecule has 1 N–H and O–H groups in total. The molecule has 0 amide bonds. The second kappa shape index (κ2) is 6.08. The third-order valence-corrected chi connectivity index (χ3v) is 3.44. The molecule has 3 rings (SSSR count). The van der Waals surface area contributed by atoms with Crippen LogP contribution in [-0.2, 0) is 0 Å². The summed E-state index contributed by atoms with van der Waals surface area (Å²) in [5.41, 5.74) is 4.53. The monoisotopic (exact) mass is 316 g/mol. The molecule has 2 aromatic carbocycles. The van der Waals surface area contributed by atoms with Crippen molar-refractivity contribution in [2.45, 2.75) is 0 Å². The molecule has 4 nitrogen and oxygen atoms in total. The normalized spacial score (nSPS) is 11.1. The fraction of sp³-hybridized carbons (Fsp3) is 0. The first-order valence-corrected chi connectivity index (χ1v) is 6.93. The van der Waals surface area contributed by atoms with Crippen LogP contribution < -0.4 is 5.43 Å². The van der Waals surface area contributed by atoms with Crippen molar-refractivity contribution in [3.05, 3.63) is 64.4 Å². The van der Waals surface area contributed by atoms with Gasteiger partial charge in [-0.05, 0) is 24.3 Å². The first kappa shape index (κ1) is 13.8. The third-order valence-electron chi connectivity index (χ3n) is 2.88. The first-order chi connectivity index (χ1) is 10.2. The third kappa shape index (κ3) is 3.12.